The first-order chi connectivity index (χ1) is 5.65. The molecule has 1 rings (SSSR count). The number of nitrogens with zero attached hydrogens (tertiary/aromatic N) is 1. The predicted molar refractivity (Wildman–Crippen MR) is 53.1 cm³/mol. The predicted octanol–water partition coefficient (Wildman–Crippen LogP) is 0.974. The fourth-order valence-corrected chi connectivity index (χ4v) is 1.83. The van der Waals surface area contributed by atoms with Crippen LogP contribution < -0.4 is 4.87 Å². The van der Waals surface area contributed by atoms with Crippen LogP contribution in [0.15, 0.2) is 10.2 Å². The van der Waals surface area contributed by atoms with E-state index in [2.05, 4.69) is 15.9 Å². The third kappa shape index (κ3) is 2.18. The Morgan fingerprint density at radius 3 is 2.92 bits per heavy atom. The summed E-state index contributed by atoms with van der Waals surface area (Å²) in [6, 6.07) is 0. The van der Waals surface area contributed by atoms with E-state index in [0.29, 0.717) is 11.9 Å². The summed E-state index contributed by atoms with van der Waals surface area (Å²) in [6.45, 7) is 2.23. The molecule has 0 aliphatic carbocycles. The second-order valence-corrected chi connectivity index (χ2v) is 4.03. The van der Waals surface area contributed by atoms with Crippen molar-refractivity contribution in [3.63, 3.8) is 0 Å². The molecule has 68 valence electrons. The van der Waals surface area contributed by atoms with E-state index in [4.69, 9.17) is 0 Å². The van der Waals surface area contributed by atoms with E-state index in [9.17, 15) is 9.90 Å². The normalized spacial score (nSPS) is 13.2. The SMILES string of the molecule is Cc1csc(=O)n1CC(O)CBr. The van der Waals surface area contributed by atoms with Crippen LogP contribution in [0.3, 0.4) is 0 Å². The van der Waals surface area contributed by atoms with Crippen LogP contribution in [0.2, 0.25) is 0 Å². The lowest BCUT2D eigenvalue weighted by Gasteiger charge is -2.08. The van der Waals surface area contributed by atoms with E-state index in [1.54, 1.807) is 9.95 Å². The second kappa shape index (κ2) is 4.20. The molecular formula is C7H10BrNO2S. The summed E-state index contributed by atoms with van der Waals surface area (Å²) in [4.78, 5) is 11.1. The molecule has 1 heterocycles. The number of alkyl halides is 1. The maximum absolute atomic E-state index is 11.1. The highest BCUT2D eigenvalue weighted by molar-refractivity contribution is 9.09. The largest absolute Gasteiger partial charge is 0.390 e. The Kier molecular flexibility index (Phi) is 3.49. The average molecular weight is 252 g/mol. The summed E-state index contributed by atoms with van der Waals surface area (Å²) in [5.41, 5.74) is 0.907. The van der Waals surface area contributed by atoms with Crippen LogP contribution in [0.4, 0.5) is 0 Å². The van der Waals surface area contributed by atoms with Crippen molar-refractivity contribution < 1.29 is 5.11 Å². The number of aromatic nitrogens is 1. The zero-order valence-corrected chi connectivity index (χ0v) is 9.06. The van der Waals surface area contributed by atoms with Crippen molar-refractivity contribution in [2.45, 2.75) is 19.6 Å². The van der Waals surface area contributed by atoms with Gasteiger partial charge in [-0.1, -0.05) is 27.3 Å². The molecule has 0 amide bonds. The maximum Gasteiger partial charge on any atom is 0.307 e. The molecular weight excluding hydrogens is 242 g/mol. The Labute approximate surface area is 82.8 Å². The maximum atomic E-state index is 11.1. The molecule has 0 bridgehead atoms. The number of halogens is 1. The van der Waals surface area contributed by atoms with Gasteiger partial charge in [0, 0.05) is 16.4 Å². The summed E-state index contributed by atoms with van der Waals surface area (Å²) in [5.74, 6) is 0. The first-order valence-corrected chi connectivity index (χ1v) is 5.54. The number of hydrogen-bond acceptors (Lipinski definition) is 3. The zero-order chi connectivity index (χ0) is 9.14. The molecule has 1 atom stereocenters. The molecule has 1 aromatic heterocycles. The van der Waals surface area contributed by atoms with Crippen LogP contribution in [0.1, 0.15) is 5.69 Å². The molecule has 0 saturated carbocycles. The fraction of sp³-hybridized carbons (Fsp3) is 0.571. The van der Waals surface area contributed by atoms with Crippen molar-refractivity contribution in [1.29, 1.82) is 0 Å². The Hall–Kier alpha value is -0.130. The number of hydrogen-bond donors (Lipinski definition) is 1. The zero-order valence-electron chi connectivity index (χ0n) is 6.66. The van der Waals surface area contributed by atoms with Gasteiger partial charge in [0.1, 0.15) is 0 Å². The topological polar surface area (TPSA) is 42.2 Å². The Balaban J connectivity index is 2.81. The van der Waals surface area contributed by atoms with Crippen molar-refractivity contribution >= 4 is 27.3 Å². The van der Waals surface area contributed by atoms with Crippen LogP contribution in [0.25, 0.3) is 0 Å². The Morgan fingerprint density at radius 1 is 1.83 bits per heavy atom. The summed E-state index contributed by atoms with van der Waals surface area (Å²) in [6.07, 6.45) is -0.490. The van der Waals surface area contributed by atoms with Crippen LogP contribution in [-0.2, 0) is 6.54 Å². The van der Waals surface area contributed by atoms with E-state index in [1.807, 2.05) is 6.92 Å². The third-order valence-corrected chi connectivity index (χ3v) is 3.18. The van der Waals surface area contributed by atoms with Crippen LogP contribution >= 0.6 is 27.3 Å². The lowest BCUT2D eigenvalue weighted by molar-refractivity contribution is 0.177. The molecule has 0 aliphatic rings. The minimum Gasteiger partial charge on any atom is -0.390 e. The van der Waals surface area contributed by atoms with Gasteiger partial charge in [0.2, 0.25) is 0 Å². The number of aliphatic hydroxyl groups excluding tert-OH is 1. The van der Waals surface area contributed by atoms with Gasteiger partial charge in [0.05, 0.1) is 12.6 Å². The summed E-state index contributed by atoms with van der Waals surface area (Å²) in [5, 5.41) is 11.6. The average Bonchev–Trinajstić information content (AvgIpc) is 2.35. The van der Waals surface area contributed by atoms with Gasteiger partial charge < -0.3 is 9.67 Å². The molecule has 0 aromatic carbocycles. The molecule has 1 N–H and O–H groups in total. The highest BCUT2D eigenvalue weighted by Gasteiger charge is 2.07. The standard InChI is InChI=1S/C7H10BrNO2S/c1-5-4-12-7(11)9(5)3-6(10)2-8/h4,6,10H,2-3H2,1H3. The van der Waals surface area contributed by atoms with Gasteiger partial charge in [-0.25, -0.2) is 0 Å². The summed E-state index contributed by atoms with van der Waals surface area (Å²) >= 11 is 4.31. The monoisotopic (exact) mass is 251 g/mol. The highest BCUT2D eigenvalue weighted by Crippen LogP contribution is 2.02. The minimum atomic E-state index is -0.490. The lowest BCUT2D eigenvalue weighted by atomic mass is 10.4. The van der Waals surface area contributed by atoms with E-state index in [1.165, 1.54) is 0 Å². The van der Waals surface area contributed by atoms with Crippen LogP contribution in [0, 0.1) is 6.92 Å². The van der Waals surface area contributed by atoms with Gasteiger partial charge in [-0.05, 0) is 6.92 Å². The molecule has 3 nitrogen and oxygen atoms in total. The number of rotatable bonds is 3. The van der Waals surface area contributed by atoms with Crippen LogP contribution in [0.5, 0.6) is 0 Å². The van der Waals surface area contributed by atoms with Gasteiger partial charge >= 0.3 is 4.87 Å². The molecule has 0 spiro atoms. The van der Waals surface area contributed by atoms with E-state index in [-0.39, 0.29) is 4.87 Å². The molecule has 5 heteroatoms. The molecule has 0 radical (unpaired) electrons. The molecule has 12 heavy (non-hydrogen) atoms. The molecule has 0 fully saturated rings. The van der Waals surface area contributed by atoms with Gasteiger partial charge in [0.15, 0.2) is 0 Å². The van der Waals surface area contributed by atoms with Crippen molar-refractivity contribution in [2.24, 2.45) is 0 Å². The molecule has 0 aliphatic heterocycles. The highest BCUT2D eigenvalue weighted by atomic mass is 79.9. The fourth-order valence-electron chi connectivity index (χ4n) is 0.885. The van der Waals surface area contributed by atoms with Crippen molar-refractivity contribution in [2.75, 3.05) is 5.33 Å². The lowest BCUT2D eigenvalue weighted by Crippen LogP contribution is -2.24. The van der Waals surface area contributed by atoms with Crippen molar-refractivity contribution in [1.82, 2.24) is 4.57 Å². The molecule has 0 saturated heterocycles. The second-order valence-electron chi connectivity index (χ2n) is 2.56. The van der Waals surface area contributed by atoms with Crippen molar-refractivity contribution in [3.05, 3.63) is 20.7 Å². The number of aliphatic hydroxyl groups is 1. The molecule has 1 aromatic rings. The number of thiazole rings is 1. The van der Waals surface area contributed by atoms with E-state index in [0.717, 1.165) is 17.0 Å². The van der Waals surface area contributed by atoms with Crippen LogP contribution in [-0.4, -0.2) is 21.1 Å². The van der Waals surface area contributed by atoms with E-state index < -0.39 is 6.10 Å². The van der Waals surface area contributed by atoms with E-state index >= 15 is 0 Å². The first kappa shape index (κ1) is 9.95. The van der Waals surface area contributed by atoms with Crippen molar-refractivity contribution in [3.8, 4) is 0 Å². The van der Waals surface area contributed by atoms with Gasteiger partial charge in [-0.3, -0.25) is 4.79 Å². The van der Waals surface area contributed by atoms with Gasteiger partial charge in [0.25, 0.3) is 0 Å². The Morgan fingerprint density at radius 2 is 2.50 bits per heavy atom. The summed E-state index contributed by atoms with van der Waals surface area (Å²) < 4.78 is 1.58. The third-order valence-electron chi connectivity index (χ3n) is 1.55. The minimum absolute atomic E-state index is 0.00694. The molecule has 1 unspecified atom stereocenters. The quantitative estimate of drug-likeness (QED) is 0.814. The first-order valence-electron chi connectivity index (χ1n) is 3.54. The number of aryl methyl sites for hydroxylation is 1. The van der Waals surface area contributed by atoms with Gasteiger partial charge in [-0.2, -0.15) is 0 Å². The smallest absolute Gasteiger partial charge is 0.307 e. The Bertz CT molecular complexity index is 307. The summed E-state index contributed by atoms with van der Waals surface area (Å²) in [7, 11) is 0. The van der Waals surface area contributed by atoms with Gasteiger partial charge in [-0.15, -0.1) is 0 Å².